The van der Waals surface area contributed by atoms with E-state index >= 15 is 0 Å². The van der Waals surface area contributed by atoms with Gasteiger partial charge in [0.05, 0.1) is 13.2 Å². The largest absolute Gasteiger partial charge is 0.497 e. The highest BCUT2D eigenvalue weighted by Crippen LogP contribution is 2.19. The summed E-state index contributed by atoms with van der Waals surface area (Å²) in [6.45, 7) is 2.65. The Labute approximate surface area is 130 Å². The van der Waals surface area contributed by atoms with Crippen molar-refractivity contribution in [2.45, 2.75) is 25.6 Å². The second-order valence-corrected chi connectivity index (χ2v) is 5.45. The number of rotatable bonds is 6. The number of ether oxygens (including phenoxy) is 1. The van der Waals surface area contributed by atoms with Crippen molar-refractivity contribution < 1.29 is 9.84 Å². The topological polar surface area (TPSA) is 41.5 Å². The molecule has 0 aliphatic carbocycles. The van der Waals surface area contributed by atoms with Gasteiger partial charge in [-0.1, -0.05) is 35.9 Å². The van der Waals surface area contributed by atoms with Crippen LogP contribution < -0.4 is 10.1 Å². The predicted octanol–water partition coefficient (Wildman–Crippen LogP) is 3.56. The fraction of sp³-hybridized carbons (Fsp3) is 0.294. The Morgan fingerprint density at radius 3 is 2.29 bits per heavy atom. The number of hydrogen-bond acceptors (Lipinski definition) is 3. The van der Waals surface area contributed by atoms with E-state index in [9.17, 15) is 5.11 Å². The number of methoxy groups -OCH3 is 1. The van der Waals surface area contributed by atoms with Gasteiger partial charge >= 0.3 is 0 Å². The van der Waals surface area contributed by atoms with Gasteiger partial charge in [-0.25, -0.2) is 0 Å². The Balaban J connectivity index is 1.91. The van der Waals surface area contributed by atoms with Crippen LogP contribution in [0.4, 0.5) is 0 Å². The number of halogens is 1. The molecule has 21 heavy (non-hydrogen) atoms. The minimum absolute atomic E-state index is 0.0618. The number of nitrogens with one attached hydrogen (secondary N) is 1. The maximum atomic E-state index is 10.3. The second kappa shape index (κ2) is 7.46. The molecule has 0 spiro atoms. The number of hydrogen-bond donors (Lipinski definition) is 2. The van der Waals surface area contributed by atoms with E-state index in [-0.39, 0.29) is 6.04 Å². The van der Waals surface area contributed by atoms with E-state index in [1.807, 2.05) is 43.3 Å². The van der Waals surface area contributed by atoms with E-state index < -0.39 is 6.10 Å². The summed E-state index contributed by atoms with van der Waals surface area (Å²) in [5.41, 5.74) is 2.00. The first-order valence-electron chi connectivity index (χ1n) is 6.90. The van der Waals surface area contributed by atoms with Gasteiger partial charge in [0.1, 0.15) is 5.75 Å². The summed E-state index contributed by atoms with van der Waals surface area (Å²) in [6.07, 6.45) is -0.569. The molecule has 2 rings (SSSR count). The predicted molar refractivity (Wildman–Crippen MR) is 85.7 cm³/mol. The maximum absolute atomic E-state index is 10.3. The summed E-state index contributed by atoms with van der Waals surface area (Å²) < 4.78 is 5.13. The third kappa shape index (κ3) is 4.46. The van der Waals surface area contributed by atoms with Crippen LogP contribution >= 0.6 is 11.6 Å². The van der Waals surface area contributed by atoms with E-state index in [4.69, 9.17) is 16.3 Å². The van der Waals surface area contributed by atoms with E-state index in [0.717, 1.165) is 16.9 Å². The zero-order valence-electron chi connectivity index (χ0n) is 12.2. The van der Waals surface area contributed by atoms with Crippen LogP contribution in [0.3, 0.4) is 0 Å². The van der Waals surface area contributed by atoms with Gasteiger partial charge in [-0.05, 0) is 42.3 Å². The molecule has 2 aromatic rings. The Morgan fingerprint density at radius 2 is 1.71 bits per heavy atom. The van der Waals surface area contributed by atoms with Gasteiger partial charge in [-0.2, -0.15) is 0 Å². The smallest absolute Gasteiger partial charge is 0.118 e. The standard InChI is InChI=1S/C17H20ClNO2/c1-12(17(20)14-5-7-15(18)8-6-14)19-11-13-3-9-16(21-2)10-4-13/h3-10,12,17,19-20H,11H2,1-2H3. The summed E-state index contributed by atoms with van der Waals surface area (Å²) in [6, 6.07) is 15.1. The van der Waals surface area contributed by atoms with Crippen LogP contribution in [0, 0.1) is 0 Å². The molecule has 2 unspecified atom stereocenters. The SMILES string of the molecule is COc1ccc(CNC(C)C(O)c2ccc(Cl)cc2)cc1. The molecular weight excluding hydrogens is 286 g/mol. The van der Waals surface area contributed by atoms with Gasteiger partial charge in [-0.3, -0.25) is 0 Å². The molecule has 0 heterocycles. The first-order chi connectivity index (χ1) is 10.1. The molecule has 0 saturated heterocycles. The Bertz CT molecular complexity index is 554. The normalized spacial score (nSPS) is 13.7. The lowest BCUT2D eigenvalue weighted by atomic mass is 10.0. The van der Waals surface area contributed by atoms with Gasteiger partial charge in [0.15, 0.2) is 0 Å². The molecule has 3 nitrogen and oxygen atoms in total. The first kappa shape index (κ1) is 15.8. The third-order valence-electron chi connectivity index (χ3n) is 3.47. The number of aliphatic hydroxyl groups is 1. The summed E-state index contributed by atoms with van der Waals surface area (Å²) in [4.78, 5) is 0. The molecular formula is C17H20ClNO2. The Kier molecular flexibility index (Phi) is 5.62. The van der Waals surface area contributed by atoms with Crippen molar-refractivity contribution in [1.82, 2.24) is 5.32 Å². The van der Waals surface area contributed by atoms with E-state index in [1.165, 1.54) is 0 Å². The summed E-state index contributed by atoms with van der Waals surface area (Å²) in [7, 11) is 1.65. The summed E-state index contributed by atoms with van der Waals surface area (Å²) in [5.74, 6) is 0.841. The van der Waals surface area contributed by atoms with Crippen molar-refractivity contribution in [3.8, 4) is 5.75 Å². The van der Waals surface area contributed by atoms with Crippen LogP contribution in [0.2, 0.25) is 5.02 Å². The molecule has 2 aromatic carbocycles. The molecule has 0 radical (unpaired) electrons. The van der Waals surface area contributed by atoms with Gasteiger partial charge < -0.3 is 15.2 Å². The van der Waals surface area contributed by atoms with Crippen LogP contribution in [-0.4, -0.2) is 18.3 Å². The summed E-state index contributed by atoms with van der Waals surface area (Å²) in [5, 5.41) is 14.3. The Morgan fingerprint density at radius 1 is 1.10 bits per heavy atom. The molecule has 0 amide bonds. The fourth-order valence-electron chi connectivity index (χ4n) is 2.08. The molecule has 112 valence electrons. The average molecular weight is 306 g/mol. The zero-order valence-corrected chi connectivity index (χ0v) is 13.0. The van der Waals surface area contributed by atoms with E-state index in [1.54, 1.807) is 19.2 Å². The van der Waals surface area contributed by atoms with Gasteiger partial charge in [0.25, 0.3) is 0 Å². The van der Waals surface area contributed by atoms with Crippen LogP contribution in [0.25, 0.3) is 0 Å². The molecule has 0 aliphatic heterocycles. The van der Waals surface area contributed by atoms with Crippen LogP contribution in [0.1, 0.15) is 24.2 Å². The van der Waals surface area contributed by atoms with Crippen molar-refractivity contribution in [2.75, 3.05) is 7.11 Å². The monoisotopic (exact) mass is 305 g/mol. The highest BCUT2D eigenvalue weighted by atomic mass is 35.5. The Hall–Kier alpha value is -1.55. The van der Waals surface area contributed by atoms with E-state index in [0.29, 0.717) is 11.6 Å². The molecule has 0 aromatic heterocycles. The lowest BCUT2D eigenvalue weighted by Crippen LogP contribution is -2.31. The third-order valence-corrected chi connectivity index (χ3v) is 3.72. The van der Waals surface area contributed by atoms with Crippen LogP contribution in [0.5, 0.6) is 5.75 Å². The first-order valence-corrected chi connectivity index (χ1v) is 7.28. The van der Waals surface area contributed by atoms with Gasteiger partial charge in [-0.15, -0.1) is 0 Å². The quantitative estimate of drug-likeness (QED) is 0.857. The molecule has 0 fully saturated rings. The average Bonchev–Trinajstić information content (AvgIpc) is 2.53. The molecule has 0 bridgehead atoms. The molecule has 2 N–H and O–H groups in total. The van der Waals surface area contributed by atoms with Crippen molar-refractivity contribution in [3.05, 3.63) is 64.7 Å². The minimum atomic E-state index is -0.569. The van der Waals surface area contributed by atoms with Crippen molar-refractivity contribution in [3.63, 3.8) is 0 Å². The van der Waals surface area contributed by atoms with Crippen LogP contribution in [0.15, 0.2) is 48.5 Å². The highest BCUT2D eigenvalue weighted by Gasteiger charge is 2.15. The van der Waals surface area contributed by atoms with Crippen LogP contribution in [-0.2, 0) is 6.54 Å². The van der Waals surface area contributed by atoms with Gasteiger partial charge in [0.2, 0.25) is 0 Å². The molecule has 4 heteroatoms. The van der Waals surface area contributed by atoms with Crippen molar-refractivity contribution in [2.24, 2.45) is 0 Å². The lowest BCUT2D eigenvalue weighted by Gasteiger charge is -2.21. The highest BCUT2D eigenvalue weighted by molar-refractivity contribution is 6.30. The number of benzene rings is 2. The zero-order chi connectivity index (χ0) is 15.2. The number of aliphatic hydroxyl groups excluding tert-OH is 1. The van der Waals surface area contributed by atoms with Crippen molar-refractivity contribution >= 4 is 11.6 Å². The second-order valence-electron chi connectivity index (χ2n) is 5.01. The molecule has 0 aliphatic rings. The molecule has 0 saturated carbocycles. The van der Waals surface area contributed by atoms with Gasteiger partial charge in [0, 0.05) is 17.6 Å². The maximum Gasteiger partial charge on any atom is 0.118 e. The lowest BCUT2D eigenvalue weighted by molar-refractivity contribution is 0.135. The fourth-order valence-corrected chi connectivity index (χ4v) is 2.21. The van der Waals surface area contributed by atoms with E-state index in [2.05, 4.69) is 5.32 Å². The minimum Gasteiger partial charge on any atom is -0.497 e. The van der Waals surface area contributed by atoms with Crippen molar-refractivity contribution in [1.29, 1.82) is 0 Å². The molecule has 2 atom stereocenters. The summed E-state index contributed by atoms with van der Waals surface area (Å²) >= 11 is 5.85.